The van der Waals surface area contributed by atoms with Crippen LogP contribution in [-0.2, 0) is 6.54 Å². The summed E-state index contributed by atoms with van der Waals surface area (Å²) < 4.78 is 13.9. The van der Waals surface area contributed by atoms with Crippen molar-refractivity contribution in [2.45, 2.75) is 39.4 Å². The van der Waals surface area contributed by atoms with Crippen LogP contribution < -0.4 is 5.32 Å². The quantitative estimate of drug-likeness (QED) is 0.916. The molecule has 2 nitrogen and oxygen atoms in total. The average Bonchev–Trinajstić information content (AvgIpc) is 2.33. The normalized spacial score (nSPS) is 24.9. The van der Waals surface area contributed by atoms with E-state index in [4.69, 9.17) is 11.6 Å². The highest BCUT2D eigenvalue weighted by Crippen LogP contribution is 2.24. The van der Waals surface area contributed by atoms with Crippen molar-refractivity contribution in [3.63, 3.8) is 0 Å². The Kier molecular flexibility index (Phi) is 4.82. The Morgan fingerprint density at radius 1 is 1.47 bits per heavy atom. The molecule has 1 aromatic rings. The van der Waals surface area contributed by atoms with Gasteiger partial charge < -0.3 is 5.32 Å². The molecular weight excluding hydrogens is 263 g/mol. The minimum atomic E-state index is -0.207. The summed E-state index contributed by atoms with van der Waals surface area (Å²) >= 11 is 6.13. The van der Waals surface area contributed by atoms with Gasteiger partial charge in [-0.2, -0.15) is 0 Å². The third-order valence-electron chi connectivity index (χ3n) is 3.85. The van der Waals surface area contributed by atoms with Crippen LogP contribution in [0, 0.1) is 11.7 Å². The molecule has 0 aromatic heterocycles. The standard InChI is InChI=1S/C15H22ClFN2/c1-10(2)15-7-18-11(3)8-19(15)9-12-13(16)5-4-6-14(12)17/h4-6,10-11,15,18H,7-9H2,1-3H3. The molecule has 1 fully saturated rings. The maximum Gasteiger partial charge on any atom is 0.129 e. The lowest BCUT2D eigenvalue weighted by Gasteiger charge is -2.41. The van der Waals surface area contributed by atoms with Crippen LogP contribution in [0.15, 0.2) is 18.2 Å². The number of nitrogens with one attached hydrogen (secondary N) is 1. The van der Waals surface area contributed by atoms with E-state index >= 15 is 0 Å². The smallest absolute Gasteiger partial charge is 0.129 e. The maximum atomic E-state index is 13.9. The fourth-order valence-electron chi connectivity index (χ4n) is 2.73. The van der Waals surface area contributed by atoms with E-state index in [1.165, 1.54) is 6.07 Å². The average molecular weight is 285 g/mol. The zero-order valence-corrected chi connectivity index (χ0v) is 12.5. The minimum absolute atomic E-state index is 0.207. The molecule has 1 aromatic carbocycles. The Labute approximate surface area is 119 Å². The van der Waals surface area contributed by atoms with Gasteiger partial charge in [0.25, 0.3) is 0 Å². The van der Waals surface area contributed by atoms with Crippen molar-refractivity contribution in [2.75, 3.05) is 13.1 Å². The third kappa shape index (κ3) is 3.47. The van der Waals surface area contributed by atoms with E-state index in [-0.39, 0.29) is 5.82 Å². The molecule has 1 aliphatic rings. The molecule has 1 aliphatic heterocycles. The highest BCUT2D eigenvalue weighted by molar-refractivity contribution is 6.31. The zero-order valence-electron chi connectivity index (χ0n) is 11.8. The Morgan fingerprint density at radius 3 is 2.84 bits per heavy atom. The number of rotatable bonds is 3. The molecule has 0 radical (unpaired) electrons. The summed E-state index contributed by atoms with van der Waals surface area (Å²) in [7, 11) is 0. The summed E-state index contributed by atoms with van der Waals surface area (Å²) in [6.45, 7) is 9.03. The molecule has 2 atom stereocenters. The van der Waals surface area contributed by atoms with Gasteiger partial charge in [-0.1, -0.05) is 31.5 Å². The number of hydrogen-bond donors (Lipinski definition) is 1. The Morgan fingerprint density at radius 2 is 2.21 bits per heavy atom. The van der Waals surface area contributed by atoms with Gasteiger partial charge in [0.2, 0.25) is 0 Å². The Hall–Kier alpha value is -0.640. The molecule has 1 N–H and O–H groups in total. The number of benzene rings is 1. The highest BCUT2D eigenvalue weighted by atomic mass is 35.5. The van der Waals surface area contributed by atoms with E-state index in [1.807, 2.05) is 0 Å². The van der Waals surface area contributed by atoms with Gasteiger partial charge in [-0.05, 0) is 25.0 Å². The molecule has 1 heterocycles. The summed E-state index contributed by atoms with van der Waals surface area (Å²) in [6, 6.07) is 5.75. The predicted molar refractivity (Wildman–Crippen MR) is 77.9 cm³/mol. The van der Waals surface area contributed by atoms with Gasteiger partial charge in [-0.15, -0.1) is 0 Å². The van der Waals surface area contributed by atoms with Crippen LogP contribution in [0.5, 0.6) is 0 Å². The lowest BCUT2D eigenvalue weighted by atomic mass is 9.98. The van der Waals surface area contributed by atoms with Gasteiger partial charge in [-0.3, -0.25) is 4.90 Å². The lowest BCUT2D eigenvalue weighted by Crippen LogP contribution is -2.56. The van der Waals surface area contributed by atoms with Crippen LogP contribution in [0.4, 0.5) is 4.39 Å². The summed E-state index contributed by atoms with van der Waals surface area (Å²) in [6.07, 6.45) is 0. The van der Waals surface area contributed by atoms with Crippen LogP contribution in [0.25, 0.3) is 0 Å². The fourth-order valence-corrected chi connectivity index (χ4v) is 2.95. The molecular formula is C15H22ClFN2. The first kappa shape index (κ1) is 14.8. The fraction of sp³-hybridized carbons (Fsp3) is 0.600. The van der Waals surface area contributed by atoms with E-state index in [1.54, 1.807) is 12.1 Å². The minimum Gasteiger partial charge on any atom is -0.311 e. The van der Waals surface area contributed by atoms with E-state index in [9.17, 15) is 4.39 Å². The van der Waals surface area contributed by atoms with Crippen LogP contribution in [0.3, 0.4) is 0 Å². The molecule has 0 amide bonds. The van der Waals surface area contributed by atoms with E-state index in [2.05, 4.69) is 31.0 Å². The van der Waals surface area contributed by atoms with Crippen LogP contribution in [-0.4, -0.2) is 30.1 Å². The Balaban J connectivity index is 2.19. The second-order valence-electron chi connectivity index (χ2n) is 5.75. The van der Waals surface area contributed by atoms with Crippen molar-refractivity contribution in [1.29, 1.82) is 0 Å². The van der Waals surface area contributed by atoms with Crippen molar-refractivity contribution in [1.82, 2.24) is 10.2 Å². The monoisotopic (exact) mass is 284 g/mol. The molecule has 0 spiro atoms. The number of halogens is 2. The molecule has 0 aliphatic carbocycles. The third-order valence-corrected chi connectivity index (χ3v) is 4.20. The molecule has 2 rings (SSSR count). The van der Waals surface area contributed by atoms with Crippen LogP contribution in [0.1, 0.15) is 26.3 Å². The van der Waals surface area contributed by atoms with Crippen molar-refractivity contribution in [2.24, 2.45) is 5.92 Å². The van der Waals surface area contributed by atoms with E-state index < -0.39 is 0 Å². The van der Waals surface area contributed by atoms with Gasteiger partial charge in [0.05, 0.1) is 0 Å². The molecule has 19 heavy (non-hydrogen) atoms. The lowest BCUT2D eigenvalue weighted by molar-refractivity contribution is 0.0944. The highest BCUT2D eigenvalue weighted by Gasteiger charge is 2.28. The van der Waals surface area contributed by atoms with Crippen molar-refractivity contribution >= 4 is 11.6 Å². The molecule has 106 valence electrons. The number of nitrogens with zero attached hydrogens (tertiary/aromatic N) is 1. The van der Waals surface area contributed by atoms with Crippen molar-refractivity contribution < 1.29 is 4.39 Å². The summed E-state index contributed by atoms with van der Waals surface area (Å²) in [5.74, 6) is 0.326. The number of hydrogen-bond acceptors (Lipinski definition) is 2. The zero-order chi connectivity index (χ0) is 14.0. The maximum absolute atomic E-state index is 13.9. The molecule has 4 heteroatoms. The van der Waals surface area contributed by atoms with Gasteiger partial charge >= 0.3 is 0 Å². The van der Waals surface area contributed by atoms with Gasteiger partial charge in [0.1, 0.15) is 5.82 Å². The Bertz CT molecular complexity index is 416. The molecule has 0 saturated carbocycles. The molecule has 2 unspecified atom stereocenters. The topological polar surface area (TPSA) is 15.3 Å². The first-order valence-corrected chi connectivity index (χ1v) is 7.27. The summed E-state index contributed by atoms with van der Waals surface area (Å²) in [5, 5.41) is 4.01. The van der Waals surface area contributed by atoms with E-state index in [0.717, 1.165) is 13.1 Å². The predicted octanol–water partition coefficient (Wildman–Crippen LogP) is 3.30. The van der Waals surface area contributed by atoms with Gasteiger partial charge in [0.15, 0.2) is 0 Å². The van der Waals surface area contributed by atoms with Crippen molar-refractivity contribution in [3.8, 4) is 0 Å². The number of piperazine rings is 1. The van der Waals surface area contributed by atoms with Gasteiger partial charge in [0, 0.05) is 42.3 Å². The van der Waals surface area contributed by atoms with Gasteiger partial charge in [-0.25, -0.2) is 4.39 Å². The molecule has 1 saturated heterocycles. The molecule has 0 bridgehead atoms. The summed E-state index contributed by atoms with van der Waals surface area (Å²) in [5.41, 5.74) is 0.615. The second-order valence-corrected chi connectivity index (χ2v) is 6.16. The van der Waals surface area contributed by atoms with E-state index in [0.29, 0.717) is 35.1 Å². The van der Waals surface area contributed by atoms with Crippen LogP contribution in [0.2, 0.25) is 5.02 Å². The first-order chi connectivity index (χ1) is 8.99. The second kappa shape index (κ2) is 6.21. The SMILES string of the molecule is CC1CN(Cc2c(F)cccc2Cl)C(C(C)C)CN1. The van der Waals surface area contributed by atoms with Crippen LogP contribution >= 0.6 is 11.6 Å². The largest absolute Gasteiger partial charge is 0.311 e. The van der Waals surface area contributed by atoms with Crippen molar-refractivity contribution in [3.05, 3.63) is 34.6 Å². The first-order valence-electron chi connectivity index (χ1n) is 6.89. The summed E-state index contributed by atoms with van der Waals surface area (Å²) in [4.78, 5) is 2.34.